The number of carboxylic acids is 1. The summed E-state index contributed by atoms with van der Waals surface area (Å²) in [6, 6.07) is 1.61. The smallest absolute Gasteiger partial charge is 0.342 e. The van der Waals surface area contributed by atoms with Crippen LogP contribution in [0.15, 0.2) is 12.1 Å². The summed E-state index contributed by atoms with van der Waals surface area (Å²) in [5.74, 6) is -2.11. The highest BCUT2D eigenvalue weighted by Gasteiger charge is 2.30. The Balaban J connectivity index is 2.28. The van der Waals surface area contributed by atoms with Gasteiger partial charge in [-0.05, 0) is 24.8 Å². The summed E-state index contributed by atoms with van der Waals surface area (Å²) in [5, 5.41) is 29.0. The van der Waals surface area contributed by atoms with Gasteiger partial charge in [0, 0.05) is 13.6 Å². The summed E-state index contributed by atoms with van der Waals surface area (Å²) >= 11 is 0. The van der Waals surface area contributed by atoms with Crippen LogP contribution in [0.4, 0.5) is 15.8 Å². The highest BCUT2D eigenvalue weighted by molar-refractivity contribution is 5.93. The van der Waals surface area contributed by atoms with Gasteiger partial charge < -0.3 is 15.1 Å². The Hall–Kier alpha value is -2.22. The molecule has 8 heteroatoms. The van der Waals surface area contributed by atoms with Crippen LogP contribution in [0.5, 0.6) is 0 Å². The Bertz CT molecular complexity index is 586. The van der Waals surface area contributed by atoms with Crippen LogP contribution in [0.25, 0.3) is 0 Å². The first-order valence-corrected chi connectivity index (χ1v) is 6.40. The van der Waals surface area contributed by atoms with Gasteiger partial charge in [-0.3, -0.25) is 10.1 Å². The maximum absolute atomic E-state index is 14.0. The first kappa shape index (κ1) is 15.2. The van der Waals surface area contributed by atoms with E-state index >= 15 is 0 Å². The van der Waals surface area contributed by atoms with E-state index in [1.807, 2.05) is 0 Å². The molecular formula is C13H15FN2O5. The molecule has 0 aliphatic heterocycles. The Morgan fingerprint density at radius 1 is 1.52 bits per heavy atom. The van der Waals surface area contributed by atoms with Crippen molar-refractivity contribution in [2.24, 2.45) is 5.92 Å². The number of carbonyl (C=O) groups is 1. The second-order valence-corrected chi connectivity index (χ2v) is 5.25. The van der Waals surface area contributed by atoms with E-state index in [2.05, 4.69) is 0 Å². The fraction of sp³-hybridized carbons (Fsp3) is 0.462. The maximum atomic E-state index is 14.0. The zero-order valence-electron chi connectivity index (χ0n) is 11.3. The number of nitrogens with zero attached hydrogens (tertiary/aromatic N) is 2. The zero-order chi connectivity index (χ0) is 15.7. The number of anilines is 1. The van der Waals surface area contributed by atoms with E-state index in [4.69, 9.17) is 5.11 Å². The van der Waals surface area contributed by atoms with Gasteiger partial charge in [-0.2, -0.15) is 0 Å². The van der Waals surface area contributed by atoms with Crippen LogP contribution in [0.3, 0.4) is 0 Å². The average Bonchev–Trinajstić information content (AvgIpc) is 2.35. The van der Waals surface area contributed by atoms with Gasteiger partial charge >= 0.3 is 5.97 Å². The zero-order valence-corrected chi connectivity index (χ0v) is 11.3. The van der Waals surface area contributed by atoms with Gasteiger partial charge in [0.05, 0.1) is 22.8 Å². The Morgan fingerprint density at radius 2 is 2.14 bits per heavy atom. The molecule has 1 fully saturated rings. The number of hydrogen-bond donors (Lipinski definition) is 2. The van der Waals surface area contributed by atoms with E-state index in [1.54, 1.807) is 7.05 Å². The highest BCUT2D eigenvalue weighted by atomic mass is 19.1. The number of aromatic carboxylic acids is 1. The fourth-order valence-electron chi connectivity index (χ4n) is 2.50. The van der Waals surface area contributed by atoms with Gasteiger partial charge in [-0.1, -0.05) is 0 Å². The molecule has 0 heterocycles. The number of nitro benzene ring substituents is 1. The fourth-order valence-corrected chi connectivity index (χ4v) is 2.50. The molecule has 0 bridgehead atoms. The molecule has 21 heavy (non-hydrogen) atoms. The molecule has 0 unspecified atom stereocenters. The van der Waals surface area contributed by atoms with E-state index in [0.717, 1.165) is 6.07 Å². The van der Waals surface area contributed by atoms with Gasteiger partial charge in [-0.25, -0.2) is 9.18 Å². The SMILES string of the molecule is CN(CC1CC(O)C1)c1cc(C(=O)O)c([N+](=O)[O-])cc1F. The van der Waals surface area contributed by atoms with Crippen LogP contribution < -0.4 is 4.90 Å². The van der Waals surface area contributed by atoms with Crippen molar-refractivity contribution in [3.63, 3.8) is 0 Å². The van der Waals surface area contributed by atoms with Crippen LogP contribution in [0.1, 0.15) is 23.2 Å². The highest BCUT2D eigenvalue weighted by Crippen LogP contribution is 2.32. The molecule has 0 saturated heterocycles. The summed E-state index contributed by atoms with van der Waals surface area (Å²) in [5.41, 5.74) is -1.31. The van der Waals surface area contributed by atoms with Crippen LogP contribution >= 0.6 is 0 Å². The van der Waals surface area contributed by atoms with Gasteiger partial charge in [0.15, 0.2) is 5.82 Å². The molecule has 0 radical (unpaired) electrons. The number of aliphatic hydroxyl groups is 1. The van der Waals surface area contributed by atoms with Gasteiger partial charge in [-0.15, -0.1) is 0 Å². The van der Waals surface area contributed by atoms with Crippen molar-refractivity contribution < 1.29 is 24.3 Å². The Kier molecular flexibility index (Phi) is 4.08. The molecule has 0 atom stereocenters. The minimum absolute atomic E-state index is 0.000565. The quantitative estimate of drug-likeness (QED) is 0.632. The first-order valence-electron chi connectivity index (χ1n) is 6.40. The molecule has 7 nitrogen and oxygen atoms in total. The lowest BCUT2D eigenvalue weighted by atomic mass is 9.82. The number of aliphatic hydroxyl groups excluding tert-OH is 1. The van der Waals surface area contributed by atoms with Crippen molar-refractivity contribution in [2.45, 2.75) is 18.9 Å². The van der Waals surface area contributed by atoms with Crippen molar-refractivity contribution in [1.29, 1.82) is 0 Å². The van der Waals surface area contributed by atoms with Crippen LogP contribution in [-0.4, -0.2) is 40.8 Å². The minimum atomic E-state index is -1.48. The lowest BCUT2D eigenvalue weighted by Crippen LogP contribution is -2.37. The third kappa shape index (κ3) is 3.10. The second kappa shape index (κ2) is 5.65. The monoisotopic (exact) mass is 298 g/mol. The number of hydrogen-bond acceptors (Lipinski definition) is 5. The van der Waals surface area contributed by atoms with Gasteiger partial charge in [0.1, 0.15) is 5.56 Å². The molecular weight excluding hydrogens is 283 g/mol. The summed E-state index contributed by atoms with van der Waals surface area (Å²) in [7, 11) is 1.58. The van der Waals surface area contributed by atoms with E-state index in [-0.39, 0.29) is 17.7 Å². The van der Waals surface area contributed by atoms with Crippen LogP contribution in [-0.2, 0) is 0 Å². The van der Waals surface area contributed by atoms with Crippen LogP contribution in [0, 0.1) is 21.8 Å². The molecule has 1 saturated carbocycles. The molecule has 1 aliphatic rings. The molecule has 0 spiro atoms. The summed E-state index contributed by atoms with van der Waals surface area (Å²) in [6.07, 6.45) is 0.898. The van der Waals surface area contributed by atoms with Crippen molar-refractivity contribution >= 4 is 17.3 Å². The normalized spacial score (nSPS) is 20.7. The third-order valence-electron chi connectivity index (χ3n) is 3.65. The largest absolute Gasteiger partial charge is 0.477 e. The molecule has 2 N–H and O–H groups in total. The van der Waals surface area contributed by atoms with Gasteiger partial charge in [0.2, 0.25) is 0 Å². The molecule has 0 amide bonds. The predicted molar refractivity (Wildman–Crippen MR) is 72.0 cm³/mol. The van der Waals surface area contributed by atoms with E-state index in [1.165, 1.54) is 4.90 Å². The topological polar surface area (TPSA) is 104 Å². The van der Waals surface area contributed by atoms with E-state index in [9.17, 15) is 24.4 Å². The number of carboxylic acid groups (broad SMARTS) is 1. The second-order valence-electron chi connectivity index (χ2n) is 5.25. The lowest BCUT2D eigenvalue weighted by molar-refractivity contribution is -0.385. The average molecular weight is 298 g/mol. The molecule has 114 valence electrons. The third-order valence-corrected chi connectivity index (χ3v) is 3.65. The number of nitro groups is 1. The van der Waals surface area contributed by atoms with E-state index < -0.39 is 28.0 Å². The van der Waals surface area contributed by atoms with Crippen molar-refractivity contribution in [3.05, 3.63) is 33.6 Å². The van der Waals surface area contributed by atoms with Gasteiger partial charge in [0.25, 0.3) is 5.69 Å². The lowest BCUT2D eigenvalue weighted by Gasteiger charge is -2.35. The minimum Gasteiger partial charge on any atom is -0.477 e. The summed E-state index contributed by atoms with van der Waals surface area (Å²) in [6.45, 7) is 0.449. The maximum Gasteiger partial charge on any atom is 0.342 e. The van der Waals surface area contributed by atoms with E-state index in [0.29, 0.717) is 25.5 Å². The Morgan fingerprint density at radius 3 is 2.62 bits per heavy atom. The number of benzene rings is 1. The van der Waals surface area contributed by atoms with Crippen molar-refractivity contribution in [3.8, 4) is 0 Å². The van der Waals surface area contributed by atoms with Crippen LogP contribution in [0.2, 0.25) is 0 Å². The molecule has 1 aromatic carbocycles. The molecule has 2 rings (SSSR count). The molecule has 1 aliphatic carbocycles. The number of rotatable bonds is 5. The number of halogens is 1. The van der Waals surface area contributed by atoms with Crippen molar-refractivity contribution in [1.82, 2.24) is 0 Å². The summed E-state index contributed by atoms with van der Waals surface area (Å²) < 4.78 is 14.0. The first-order chi connectivity index (χ1) is 9.79. The molecule has 1 aromatic rings. The van der Waals surface area contributed by atoms with Crippen molar-refractivity contribution in [2.75, 3.05) is 18.5 Å². The molecule has 0 aromatic heterocycles. The predicted octanol–water partition coefficient (Wildman–Crippen LogP) is 1.64. The summed E-state index contributed by atoms with van der Waals surface area (Å²) in [4.78, 5) is 22.4. The standard InChI is InChI=1S/C13H15FN2O5/c1-15(6-7-2-8(17)3-7)12-4-9(13(18)19)11(16(20)21)5-10(12)14/h4-5,7-8,17H,2-3,6H2,1H3,(H,18,19). The Labute approximate surface area is 119 Å².